The quantitative estimate of drug-likeness (QED) is 0.605. The van der Waals surface area contributed by atoms with Crippen molar-refractivity contribution in [2.45, 2.75) is 12.8 Å². The molecular weight excluding hydrogens is 368 g/mol. The molecule has 2 heterocycles. The molecule has 3 aromatic rings. The van der Waals surface area contributed by atoms with Gasteiger partial charge >= 0.3 is 11.1 Å². The Kier molecular flexibility index (Phi) is 4.45. The lowest BCUT2D eigenvalue weighted by Crippen LogP contribution is -2.29. The van der Waals surface area contributed by atoms with Crippen molar-refractivity contribution < 1.29 is 4.79 Å². The zero-order valence-electron chi connectivity index (χ0n) is 14.3. The van der Waals surface area contributed by atoms with Crippen molar-refractivity contribution in [2.75, 3.05) is 23.3 Å². The van der Waals surface area contributed by atoms with Crippen molar-refractivity contribution in [1.82, 2.24) is 9.97 Å². The molecule has 3 N–H and O–H groups in total. The molecule has 4 rings (SSSR count). The summed E-state index contributed by atoms with van der Waals surface area (Å²) in [6.45, 7) is 1.88. The van der Waals surface area contributed by atoms with Gasteiger partial charge in [0.2, 0.25) is 0 Å². The van der Waals surface area contributed by atoms with E-state index in [-0.39, 0.29) is 5.91 Å². The second-order valence-electron chi connectivity index (χ2n) is 6.48. The van der Waals surface area contributed by atoms with Crippen LogP contribution in [0.25, 0.3) is 11.0 Å². The Morgan fingerprint density at radius 1 is 0.963 bits per heavy atom. The van der Waals surface area contributed by atoms with Gasteiger partial charge in [0.15, 0.2) is 0 Å². The molecule has 1 fully saturated rings. The Hall–Kier alpha value is -3.06. The molecule has 0 saturated carbocycles. The highest BCUT2D eigenvalue weighted by Crippen LogP contribution is 2.32. The van der Waals surface area contributed by atoms with E-state index in [0.29, 0.717) is 27.3 Å². The number of H-pyrrole nitrogens is 2. The number of carbonyl (C=O) groups is 1. The molecule has 138 valence electrons. The van der Waals surface area contributed by atoms with Crippen LogP contribution < -0.4 is 21.3 Å². The number of nitrogens with zero attached hydrogens (tertiary/aromatic N) is 1. The fraction of sp³-hybridized carbons (Fsp3) is 0.211. The topological polar surface area (TPSA) is 98.1 Å². The Morgan fingerprint density at radius 2 is 1.67 bits per heavy atom. The molecule has 0 radical (unpaired) electrons. The van der Waals surface area contributed by atoms with Crippen LogP contribution in [0.4, 0.5) is 11.4 Å². The third-order valence-corrected chi connectivity index (χ3v) is 4.87. The normalized spacial score (nSPS) is 13.9. The highest BCUT2D eigenvalue weighted by molar-refractivity contribution is 6.31. The van der Waals surface area contributed by atoms with Gasteiger partial charge in [0.25, 0.3) is 5.91 Å². The maximum Gasteiger partial charge on any atom is 0.314 e. The van der Waals surface area contributed by atoms with Crippen molar-refractivity contribution >= 4 is 39.9 Å². The Morgan fingerprint density at radius 3 is 2.41 bits per heavy atom. The summed E-state index contributed by atoms with van der Waals surface area (Å²) in [6, 6.07) is 10.1. The molecule has 0 atom stereocenters. The van der Waals surface area contributed by atoms with Gasteiger partial charge in [-0.2, -0.15) is 0 Å². The number of rotatable bonds is 3. The highest BCUT2D eigenvalue weighted by atomic mass is 35.5. The second-order valence-corrected chi connectivity index (χ2v) is 6.91. The largest absolute Gasteiger partial charge is 0.370 e. The van der Waals surface area contributed by atoms with Gasteiger partial charge < -0.3 is 20.2 Å². The Bertz CT molecular complexity index is 1150. The summed E-state index contributed by atoms with van der Waals surface area (Å²) in [5, 5.41) is 3.44. The molecule has 1 aromatic heterocycles. The predicted molar refractivity (Wildman–Crippen MR) is 106 cm³/mol. The van der Waals surface area contributed by atoms with Gasteiger partial charge in [0, 0.05) is 23.7 Å². The van der Waals surface area contributed by atoms with Crippen LogP contribution >= 0.6 is 11.6 Å². The van der Waals surface area contributed by atoms with Crippen LogP contribution in [0.2, 0.25) is 5.02 Å². The van der Waals surface area contributed by atoms with Crippen molar-refractivity contribution in [3.63, 3.8) is 0 Å². The number of hydrogen-bond donors (Lipinski definition) is 3. The summed E-state index contributed by atoms with van der Waals surface area (Å²) in [6.07, 6.45) is 2.23. The average molecular weight is 385 g/mol. The Labute approximate surface area is 159 Å². The zero-order chi connectivity index (χ0) is 19.0. The summed E-state index contributed by atoms with van der Waals surface area (Å²) in [7, 11) is 0. The molecule has 1 amide bonds. The van der Waals surface area contributed by atoms with Crippen molar-refractivity contribution in [3.05, 3.63) is 67.7 Å². The smallest absolute Gasteiger partial charge is 0.314 e. The van der Waals surface area contributed by atoms with Gasteiger partial charge in [-0.25, -0.2) is 0 Å². The lowest BCUT2D eigenvalue weighted by Gasteiger charge is -2.22. The number of hydrogen-bond acceptors (Lipinski definition) is 4. The number of aromatic amines is 2. The van der Waals surface area contributed by atoms with Crippen LogP contribution in [0.5, 0.6) is 0 Å². The van der Waals surface area contributed by atoms with E-state index in [4.69, 9.17) is 11.6 Å². The van der Waals surface area contributed by atoms with Crippen LogP contribution in [-0.4, -0.2) is 29.0 Å². The van der Waals surface area contributed by atoms with Crippen molar-refractivity contribution in [2.24, 2.45) is 0 Å². The molecule has 0 aliphatic carbocycles. The summed E-state index contributed by atoms with van der Waals surface area (Å²) in [5.41, 5.74) is 1.29. The molecule has 27 heavy (non-hydrogen) atoms. The van der Waals surface area contributed by atoms with Crippen molar-refractivity contribution in [1.29, 1.82) is 0 Å². The van der Waals surface area contributed by atoms with Crippen LogP contribution in [-0.2, 0) is 0 Å². The van der Waals surface area contributed by atoms with Crippen LogP contribution in [0.3, 0.4) is 0 Å². The molecule has 0 spiro atoms. The SMILES string of the molecule is O=C(Nc1cc(Cl)ccc1N1CCCC1)c1ccc2[nH]c(=O)c(=O)[nH]c2c1. The first-order valence-corrected chi connectivity index (χ1v) is 9.01. The molecule has 1 aliphatic heterocycles. The fourth-order valence-electron chi connectivity index (χ4n) is 3.29. The summed E-state index contributed by atoms with van der Waals surface area (Å²) in [5.74, 6) is -0.327. The standard InChI is InChI=1S/C19H17ClN4O3/c20-12-4-6-16(24-7-1-2-8-24)15(10-12)23-17(25)11-3-5-13-14(9-11)22-19(27)18(26)21-13/h3-6,9-10H,1-2,7-8H2,(H,21,26)(H,22,27)(H,23,25). The van der Waals surface area contributed by atoms with Crippen LogP contribution in [0.1, 0.15) is 23.2 Å². The lowest BCUT2D eigenvalue weighted by molar-refractivity contribution is 0.102. The van der Waals surface area contributed by atoms with Gasteiger partial charge in [-0.15, -0.1) is 0 Å². The first kappa shape index (κ1) is 17.4. The molecule has 0 unspecified atom stereocenters. The van der Waals surface area contributed by atoms with Gasteiger partial charge in [0.1, 0.15) is 0 Å². The zero-order valence-corrected chi connectivity index (χ0v) is 15.1. The highest BCUT2D eigenvalue weighted by Gasteiger charge is 2.18. The van der Waals surface area contributed by atoms with Crippen LogP contribution in [0.15, 0.2) is 46.0 Å². The molecule has 0 bridgehead atoms. The minimum absolute atomic E-state index is 0.327. The third kappa shape index (κ3) is 3.46. The molecule has 2 aromatic carbocycles. The minimum Gasteiger partial charge on any atom is -0.370 e. The molecule has 1 aliphatic rings. The van der Waals surface area contributed by atoms with E-state index >= 15 is 0 Å². The number of nitrogens with one attached hydrogen (secondary N) is 3. The lowest BCUT2D eigenvalue weighted by atomic mass is 10.1. The van der Waals surface area contributed by atoms with E-state index in [0.717, 1.165) is 31.6 Å². The number of aromatic nitrogens is 2. The maximum absolute atomic E-state index is 12.8. The third-order valence-electron chi connectivity index (χ3n) is 4.64. The molecule has 1 saturated heterocycles. The number of anilines is 2. The number of amides is 1. The van der Waals surface area contributed by atoms with E-state index < -0.39 is 11.1 Å². The molecular formula is C19H17ClN4O3. The van der Waals surface area contributed by atoms with Gasteiger partial charge in [0.05, 0.1) is 22.4 Å². The van der Waals surface area contributed by atoms with E-state index in [9.17, 15) is 14.4 Å². The molecule has 7 nitrogen and oxygen atoms in total. The summed E-state index contributed by atoms with van der Waals surface area (Å²) in [4.78, 5) is 42.8. The van der Waals surface area contributed by atoms with Gasteiger partial charge in [-0.05, 0) is 49.2 Å². The molecule has 8 heteroatoms. The van der Waals surface area contributed by atoms with Crippen molar-refractivity contribution in [3.8, 4) is 0 Å². The van der Waals surface area contributed by atoms with Gasteiger partial charge in [-0.1, -0.05) is 11.6 Å². The monoisotopic (exact) mass is 384 g/mol. The number of benzene rings is 2. The fourth-order valence-corrected chi connectivity index (χ4v) is 3.46. The summed E-state index contributed by atoms with van der Waals surface area (Å²) >= 11 is 6.12. The minimum atomic E-state index is -0.758. The number of halogens is 1. The van der Waals surface area contributed by atoms with Crippen LogP contribution in [0, 0.1) is 0 Å². The van der Waals surface area contributed by atoms with E-state index in [1.165, 1.54) is 6.07 Å². The average Bonchev–Trinajstić information content (AvgIpc) is 3.17. The van der Waals surface area contributed by atoms with Gasteiger partial charge in [-0.3, -0.25) is 14.4 Å². The van der Waals surface area contributed by atoms with E-state index in [1.807, 2.05) is 12.1 Å². The maximum atomic E-state index is 12.8. The first-order chi connectivity index (χ1) is 13.0. The number of carbonyl (C=O) groups excluding carboxylic acids is 1. The Balaban J connectivity index is 1.67. The van der Waals surface area contributed by atoms with E-state index in [1.54, 1.807) is 18.2 Å². The number of fused-ring (bicyclic) bond motifs is 1. The second kappa shape index (κ2) is 6.92. The van der Waals surface area contributed by atoms with E-state index in [2.05, 4.69) is 20.2 Å². The summed E-state index contributed by atoms with van der Waals surface area (Å²) < 4.78 is 0. The first-order valence-electron chi connectivity index (χ1n) is 8.63. The predicted octanol–water partition coefficient (Wildman–Crippen LogP) is 2.72.